The topological polar surface area (TPSA) is 98.9 Å². The summed E-state index contributed by atoms with van der Waals surface area (Å²) < 4.78 is 9.26. The van der Waals surface area contributed by atoms with Crippen molar-refractivity contribution in [3.63, 3.8) is 0 Å². The molecule has 0 aliphatic heterocycles. The Balaban J connectivity index is 3.19. The van der Waals surface area contributed by atoms with Crippen molar-refractivity contribution in [2.45, 2.75) is 12.2 Å². The minimum absolute atomic E-state index is 0.151. The van der Waals surface area contributed by atoms with Gasteiger partial charge in [0.15, 0.2) is 0 Å². The summed E-state index contributed by atoms with van der Waals surface area (Å²) in [5.41, 5.74) is -0.752. The van der Waals surface area contributed by atoms with Gasteiger partial charge in [-0.1, -0.05) is 6.08 Å². The number of methoxy groups -OCH3 is 1. The quantitative estimate of drug-likeness (QED) is 0.455. The van der Waals surface area contributed by atoms with Crippen LogP contribution >= 0.6 is 11.9 Å². The van der Waals surface area contributed by atoms with Gasteiger partial charge in [-0.05, 0) is 0 Å². The molecule has 1 atom stereocenters. The van der Waals surface area contributed by atoms with Crippen molar-refractivity contribution in [3.8, 4) is 0 Å². The van der Waals surface area contributed by atoms with E-state index in [1.165, 1.54) is 13.2 Å². The summed E-state index contributed by atoms with van der Waals surface area (Å²) in [6, 6.07) is 0. The van der Waals surface area contributed by atoms with Crippen molar-refractivity contribution >= 4 is 17.8 Å². The first-order valence-electron chi connectivity index (χ1n) is 4.12. The van der Waals surface area contributed by atoms with Gasteiger partial charge in [-0.2, -0.15) is 0 Å². The molecule has 0 saturated carbocycles. The van der Waals surface area contributed by atoms with Crippen LogP contribution in [0.3, 0.4) is 0 Å². The average molecular weight is 250 g/mol. The molecule has 1 N–H and O–H groups in total. The fourth-order valence-corrected chi connectivity index (χ4v) is 1.50. The highest BCUT2D eigenvalue weighted by atomic mass is 35.5. The van der Waals surface area contributed by atoms with E-state index >= 15 is 0 Å². The molecule has 0 spiro atoms. The second kappa shape index (κ2) is 4.60. The Bertz CT molecular complexity index is 384. The highest BCUT2D eigenvalue weighted by Crippen LogP contribution is 2.34. The number of carboxylic acids is 1. The number of carbonyl (C=O) groups is 1. The van der Waals surface area contributed by atoms with Crippen LogP contribution in [0.15, 0.2) is 23.4 Å². The number of hydrogen-bond donors (Lipinski definition) is 1. The lowest BCUT2D eigenvalue weighted by Crippen LogP contribution is -2.39. The highest BCUT2D eigenvalue weighted by molar-refractivity contribution is 6.07. The predicted octanol–water partition coefficient (Wildman–Crippen LogP) is 1.07. The van der Waals surface area contributed by atoms with Gasteiger partial charge in [-0.15, -0.1) is 0 Å². The van der Waals surface area contributed by atoms with Crippen LogP contribution in [0.25, 0.3) is 0 Å². The van der Waals surface area contributed by atoms with Gasteiger partial charge in [0.1, 0.15) is 0 Å². The maximum Gasteiger partial charge on any atom is 0.335 e. The van der Waals surface area contributed by atoms with E-state index in [-0.39, 0.29) is 12.0 Å². The second-order valence-electron chi connectivity index (χ2n) is 2.99. The third-order valence-electron chi connectivity index (χ3n) is 2.17. The number of rotatable bonds is 4. The maximum absolute atomic E-state index is 10.8. The normalized spacial score (nSPS) is 24.6. The molecule has 0 heterocycles. The molecule has 1 rings (SSSR count). The molecular weight excluding hydrogens is 242 g/mol. The van der Waals surface area contributed by atoms with Crippen LogP contribution < -0.4 is 0 Å². The molecule has 88 valence electrons. The maximum atomic E-state index is 10.8. The Hall–Kier alpha value is -1.44. The molecule has 0 radical (unpaired) electrons. The molecule has 0 amide bonds. The van der Waals surface area contributed by atoms with Gasteiger partial charge in [-0.25, -0.2) is 9.08 Å². The van der Waals surface area contributed by atoms with E-state index in [9.17, 15) is 14.9 Å². The first-order chi connectivity index (χ1) is 7.46. The molecule has 0 aromatic heterocycles. The van der Waals surface area contributed by atoms with E-state index in [0.717, 1.165) is 6.08 Å². The average Bonchev–Trinajstić information content (AvgIpc) is 2.27. The molecule has 1 aliphatic rings. The minimum Gasteiger partial charge on any atom is -0.478 e. The zero-order valence-corrected chi connectivity index (χ0v) is 8.93. The van der Waals surface area contributed by atoms with Crippen LogP contribution in [-0.4, -0.2) is 28.9 Å². The van der Waals surface area contributed by atoms with Crippen LogP contribution in [0, 0.1) is 10.1 Å². The van der Waals surface area contributed by atoms with Crippen LogP contribution in [0.2, 0.25) is 0 Å². The van der Waals surface area contributed by atoms with Crippen molar-refractivity contribution in [2.75, 3.05) is 7.11 Å². The Labute approximate surface area is 95.2 Å². The molecule has 16 heavy (non-hydrogen) atoms. The number of hydrogen-bond acceptors (Lipinski definition) is 5. The molecule has 1 unspecified atom stereocenters. The van der Waals surface area contributed by atoms with Crippen LogP contribution in [-0.2, 0) is 13.8 Å². The first-order valence-corrected chi connectivity index (χ1v) is 4.42. The van der Waals surface area contributed by atoms with Crippen molar-refractivity contribution in [3.05, 3.63) is 33.5 Å². The fourth-order valence-electron chi connectivity index (χ4n) is 1.30. The van der Waals surface area contributed by atoms with Crippen LogP contribution in [0.1, 0.15) is 6.42 Å². The van der Waals surface area contributed by atoms with E-state index in [1.807, 2.05) is 0 Å². The Kier molecular flexibility index (Phi) is 3.63. The van der Waals surface area contributed by atoms with E-state index in [2.05, 4.69) is 4.29 Å². The lowest BCUT2D eigenvalue weighted by atomic mass is 9.98. The van der Waals surface area contributed by atoms with Gasteiger partial charge >= 0.3 is 11.7 Å². The van der Waals surface area contributed by atoms with E-state index in [1.54, 1.807) is 0 Å². The van der Waals surface area contributed by atoms with E-state index < -0.39 is 22.4 Å². The SMILES string of the molecule is COC1(OCl)CC=C(C(=O)O)C=C1[N+](=O)[O-]. The molecule has 0 bridgehead atoms. The van der Waals surface area contributed by atoms with Crippen molar-refractivity contribution in [1.82, 2.24) is 0 Å². The van der Waals surface area contributed by atoms with E-state index in [4.69, 9.17) is 21.7 Å². The summed E-state index contributed by atoms with van der Waals surface area (Å²) in [4.78, 5) is 20.6. The molecule has 0 aromatic rings. The summed E-state index contributed by atoms with van der Waals surface area (Å²) in [5.74, 6) is -3.01. The molecule has 0 aromatic carbocycles. The van der Waals surface area contributed by atoms with Gasteiger partial charge < -0.3 is 9.84 Å². The van der Waals surface area contributed by atoms with Crippen LogP contribution in [0.4, 0.5) is 0 Å². The summed E-state index contributed by atoms with van der Waals surface area (Å²) in [6.45, 7) is 0. The van der Waals surface area contributed by atoms with Gasteiger partial charge in [0.2, 0.25) is 0 Å². The Morgan fingerprint density at radius 2 is 2.38 bits per heavy atom. The van der Waals surface area contributed by atoms with Gasteiger partial charge in [-0.3, -0.25) is 10.1 Å². The number of ether oxygens (including phenoxy) is 1. The van der Waals surface area contributed by atoms with Crippen molar-refractivity contribution in [2.24, 2.45) is 0 Å². The van der Waals surface area contributed by atoms with Gasteiger partial charge in [0.25, 0.3) is 5.79 Å². The van der Waals surface area contributed by atoms with E-state index in [0.29, 0.717) is 0 Å². The van der Waals surface area contributed by atoms with Gasteiger partial charge in [0, 0.05) is 19.6 Å². The number of carboxylic acid groups (broad SMARTS) is 1. The summed E-state index contributed by atoms with van der Waals surface area (Å²) >= 11 is 5.16. The number of halogens is 1. The minimum atomic E-state index is -1.75. The predicted molar refractivity (Wildman–Crippen MR) is 52.1 cm³/mol. The molecule has 0 fully saturated rings. The van der Waals surface area contributed by atoms with Crippen molar-refractivity contribution < 1.29 is 23.9 Å². The first kappa shape index (κ1) is 12.6. The lowest BCUT2D eigenvalue weighted by Gasteiger charge is -2.26. The fraction of sp³-hybridized carbons (Fsp3) is 0.375. The third-order valence-corrected chi connectivity index (χ3v) is 2.42. The van der Waals surface area contributed by atoms with Crippen molar-refractivity contribution in [1.29, 1.82) is 0 Å². The summed E-state index contributed by atoms with van der Waals surface area (Å²) in [5, 5.41) is 19.5. The Morgan fingerprint density at radius 1 is 1.75 bits per heavy atom. The largest absolute Gasteiger partial charge is 0.478 e. The highest BCUT2D eigenvalue weighted by Gasteiger charge is 2.47. The molecule has 1 aliphatic carbocycles. The number of nitro groups is 1. The molecule has 8 heteroatoms. The third kappa shape index (κ3) is 2.06. The smallest absolute Gasteiger partial charge is 0.335 e. The second-order valence-corrected chi connectivity index (χ2v) is 3.14. The molecule has 0 saturated heterocycles. The summed E-state index contributed by atoms with van der Waals surface area (Å²) in [7, 11) is 1.18. The zero-order chi connectivity index (χ0) is 12.3. The monoisotopic (exact) mass is 249 g/mol. The number of nitrogens with zero attached hydrogens (tertiary/aromatic N) is 1. The lowest BCUT2D eigenvalue weighted by molar-refractivity contribution is -0.459. The zero-order valence-electron chi connectivity index (χ0n) is 8.18. The van der Waals surface area contributed by atoms with Gasteiger partial charge in [0.05, 0.1) is 22.4 Å². The van der Waals surface area contributed by atoms with Crippen LogP contribution in [0.5, 0.6) is 0 Å². The standard InChI is InChI=1S/C8H8ClNO6/c1-15-8(16-9)3-2-5(7(11)12)4-6(8)10(13)14/h2,4H,3H2,1H3,(H,11,12). The molecule has 7 nitrogen and oxygen atoms in total. The number of aliphatic carboxylic acids is 1. The Morgan fingerprint density at radius 3 is 2.75 bits per heavy atom. The summed E-state index contributed by atoms with van der Waals surface area (Å²) in [6.07, 6.45) is 1.94. The molecular formula is C8H8ClNO6.